The Morgan fingerprint density at radius 3 is 2.65 bits per heavy atom. The molecule has 0 N–H and O–H groups in total. The lowest BCUT2D eigenvalue weighted by Crippen LogP contribution is -2.06. The molecule has 3 nitrogen and oxygen atoms in total. The van der Waals surface area contributed by atoms with Gasteiger partial charge in [0.2, 0.25) is 0 Å². The SMILES string of the molecule is CCc1cc(CC)n(Cc2cncc(F)c2)n1. The fourth-order valence-corrected chi connectivity index (χ4v) is 1.82. The van der Waals surface area contributed by atoms with Crippen molar-refractivity contribution in [2.75, 3.05) is 0 Å². The molecule has 2 aromatic rings. The monoisotopic (exact) mass is 233 g/mol. The molecule has 2 rings (SSSR count). The molecule has 0 fully saturated rings. The van der Waals surface area contributed by atoms with Gasteiger partial charge < -0.3 is 0 Å². The summed E-state index contributed by atoms with van der Waals surface area (Å²) in [6.07, 6.45) is 4.73. The average Bonchev–Trinajstić information content (AvgIpc) is 2.71. The number of hydrogen-bond donors (Lipinski definition) is 0. The highest BCUT2D eigenvalue weighted by molar-refractivity contribution is 5.15. The molecule has 90 valence electrons. The van der Waals surface area contributed by atoms with E-state index in [4.69, 9.17) is 0 Å². The number of hydrogen-bond acceptors (Lipinski definition) is 2. The van der Waals surface area contributed by atoms with Crippen LogP contribution in [0, 0.1) is 5.82 Å². The lowest BCUT2D eigenvalue weighted by molar-refractivity contribution is 0.604. The third kappa shape index (κ3) is 2.70. The van der Waals surface area contributed by atoms with Gasteiger partial charge in [-0.05, 0) is 30.5 Å². The Labute approximate surface area is 100 Å². The zero-order chi connectivity index (χ0) is 12.3. The molecule has 0 bridgehead atoms. The minimum Gasteiger partial charge on any atom is -0.265 e. The smallest absolute Gasteiger partial charge is 0.141 e. The van der Waals surface area contributed by atoms with E-state index in [-0.39, 0.29) is 5.82 Å². The first-order valence-electron chi connectivity index (χ1n) is 5.88. The maximum atomic E-state index is 13.0. The molecule has 0 radical (unpaired) electrons. The summed E-state index contributed by atoms with van der Waals surface area (Å²) in [7, 11) is 0. The van der Waals surface area contributed by atoms with Crippen LogP contribution in [0.2, 0.25) is 0 Å². The van der Waals surface area contributed by atoms with Crippen LogP contribution in [0.1, 0.15) is 30.8 Å². The Bertz CT molecular complexity index is 505. The van der Waals surface area contributed by atoms with E-state index >= 15 is 0 Å². The van der Waals surface area contributed by atoms with Gasteiger partial charge in [-0.15, -0.1) is 0 Å². The molecule has 0 unspecified atom stereocenters. The highest BCUT2D eigenvalue weighted by Gasteiger charge is 2.06. The van der Waals surface area contributed by atoms with E-state index in [2.05, 4.69) is 30.0 Å². The topological polar surface area (TPSA) is 30.7 Å². The summed E-state index contributed by atoms with van der Waals surface area (Å²) < 4.78 is 15.0. The Morgan fingerprint density at radius 1 is 1.18 bits per heavy atom. The van der Waals surface area contributed by atoms with Crippen LogP contribution in [0.3, 0.4) is 0 Å². The van der Waals surface area contributed by atoms with Crippen molar-refractivity contribution in [2.24, 2.45) is 0 Å². The van der Waals surface area contributed by atoms with Crippen LogP contribution >= 0.6 is 0 Å². The van der Waals surface area contributed by atoms with E-state index in [1.54, 1.807) is 6.20 Å². The fraction of sp³-hybridized carbons (Fsp3) is 0.385. The van der Waals surface area contributed by atoms with Gasteiger partial charge in [0.15, 0.2) is 0 Å². The molecule has 2 aromatic heterocycles. The standard InChI is InChI=1S/C13H16FN3/c1-3-12-6-13(4-2)17(16-12)9-10-5-11(14)8-15-7-10/h5-8H,3-4,9H2,1-2H3. The van der Waals surface area contributed by atoms with Crippen molar-refractivity contribution in [1.29, 1.82) is 0 Å². The second-order valence-corrected chi connectivity index (χ2v) is 4.00. The van der Waals surface area contributed by atoms with E-state index < -0.39 is 0 Å². The Kier molecular flexibility index (Phi) is 3.52. The number of pyridine rings is 1. The highest BCUT2D eigenvalue weighted by Crippen LogP contribution is 2.10. The van der Waals surface area contributed by atoms with Gasteiger partial charge in [0.05, 0.1) is 18.4 Å². The van der Waals surface area contributed by atoms with Crippen LogP contribution in [0.25, 0.3) is 0 Å². The van der Waals surface area contributed by atoms with Crippen molar-refractivity contribution in [3.05, 3.63) is 47.3 Å². The maximum absolute atomic E-state index is 13.0. The van der Waals surface area contributed by atoms with Crippen molar-refractivity contribution in [1.82, 2.24) is 14.8 Å². The quantitative estimate of drug-likeness (QED) is 0.812. The molecular weight excluding hydrogens is 217 g/mol. The van der Waals surface area contributed by atoms with Crippen molar-refractivity contribution in [3.8, 4) is 0 Å². The molecule has 2 heterocycles. The van der Waals surface area contributed by atoms with Gasteiger partial charge in [-0.2, -0.15) is 5.10 Å². The molecule has 0 saturated carbocycles. The molecule has 4 heteroatoms. The van der Waals surface area contributed by atoms with Gasteiger partial charge in [-0.3, -0.25) is 9.67 Å². The minimum absolute atomic E-state index is 0.302. The average molecular weight is 233 g/mol. The molecule has 0 aliphatic rings. The van der Waals surface area contributed by atoms with Crippen LogP contribution in [0.4, 0.5) is 4.39 Å². The predicted molar refractivity (Wildman–Crippen MR) is 64.3 cm³/mol. The van der Waals surface area contributed by atoms with Gasteiger partial charge >= 0.3 is 0 Å². The molecule has 0 spiro atoms. The summed E-state index contributed by atoms with van der Waals surface area (Å²) in [5, 5.41) is 4.49. The number of halogens is 1. The molecule has 0 aliphatic heterocycles. The summed E-state index contributed by atoms with van der Waals surface area (Å²) in [5.41, 5.74) is 3.09. The summed E-state index contributed by atoms with van der Waals surface area (Å²) >= 11 is 0. The molecule has 0 amide bonds. The van der Waals surface area contributed by atoms with E-state index in [9.17, 15) is 4.39 Å². The maximum Gasteiger partial charge on any atom is 0.141 e. The third-order valence-electron chi connectivity index (χ3n) is 2.73. The first-order valence-corrected chi connectivity index (χ1v) is 5.88. The lowest BCUT2D eigenvalue weighted by atomic mass is 10.2. The van der Waals surface area contributed by atoms with Crippen LogP contribution in [-0.4, -0.2) is 14.8 Å². The molecule has 0 aliphatic carbocycles. The second kappa shape index (κ2) is 5.08. The molecule has 0 aromatic carbocycles. The van der Waals surface area contributed by atoms with E-state index in [0.717, 1.165) is 24.1 Å². The summed E-state index contributed by atoms with van der Waals surface area (Å²) in [6.45, 7) is 4.75. The van der Waals surface area contributed by atoms with Gasteiger partial charge in [-0.1, -0.05) is 13.8 Å². The number of aromatic nitrogens is 3. The molecular formula is C13H16FN3. The van der Waals surface area contributed by atoms with E-state index in [1.807, 2.05) is 4.68 Å². The number of nitrogens with zero attached hydrogens (tertiary/aromatic N) is 3. The normalized spacial score (nSPS) is 10.8. The van der Waals surface area contributed by atoms with E-state index in [1.165, 1.54) is 18.0 Å². The lowest BCUT2D eigenvalue weighted by Gasteiger charge is -2.05. The van der Waals surface area contributed by atoms with Crippen molar-refractivity contribution < 1.29 is 4.39 Å². The Morgan fingerprint density at radius 2 is 2.00 bits per heavy atom. The zero-order valence-corrected chi connectivity index (χ0v) is 10.2. The zero-order valence-electron chi connectivity index (χ0n) is 10.2. The highest BCUT2D eigenvalue weighted by atomic mass is 19.1. The van der Waals surface area contributed by atoms with E-state index in [0.29, 0.717) is 6.54 Å². The van der Waals surface area contributed by atoms with Crippen molar-refractivity contribution >= 4 is 0 Å². The van der Waals surface area contributed by atoms with Gasteiger partial charge in [-0.25, -0.2) is 4.39 Å². The number of rotatable bonds is 4. The Balaban J connectivity index is 2.25. The third-order valence-corrected chi connectivity index (χ3v) is 2.73. The number of aryl methyl sites for hydroxylation is 2. The van der Waals surface area contributed by atoms with Crippen LogP contribution in [-0.2, 0) is 19.4 Å². The van der Waals surface area contributed by atoms with Gasteiger partial charge in [0, 0.05) is 11.9 Å². The van der Waals surface area contributed by atoms with Crippen LogP contribution in [0.15, 0.2) is 24.5 Å². The minimum atomic E-state index is -0.302. The first kappa shape index (κ1) is 11.8. The Hall–Kier alpha value is -1.71. The second-order valence-electron chi connectivity index (χ2n) is 4.00. The summed E-state index contributed by atoms with van der Waals surface area (Å²) in [4.78, 5) is 3.85. The van der Waals surface area contributed by atoms with Crippen LogP contribution < -0.4 is 0 Å². The van der Waals surface area contributed by atoms with Crippen molar-refractivity contribution in [3.63, 3.8) is 0 Å². The molecule has 17 heavy (non-hydrogen) atoms. The summed E-state index contributed by atoms with van der Waals surface area (Å²) in [5.74, 6) is -0.302. The molecule has 0 atom stereocenters. The fourth-order valence-electron chi connectivity index (χ4n) is 1.82. The largest absolute Gasteiger partial charge is 0.265 e. The summed E-state index contributed by atoms with van der Waals surface area (Å²) in [6, 6.07) is 3.60. The van der Waals surface area contributed by atoms with Gasteiger partial charge in [0.1, 0.15) is 5.82 Å². The van der Waals surface area contributed by atoms with Crippen molar-refractivity contribution in [2.45, 2.75) is 33.2 Å². The van der Waals surface area contributed by atoms with Crippen LogP contribution in [0.5, 0.6) is 0 Å². The first-order chi connectivity index (χ1) is 8.22. The molecule has 0 saturated heterocycles. The predicted octanol–water partition coefficient (Wildman–Crippen LogP) is 2.59. The van der Waals surface area contributed by atoms with Gasteiger partial charge in [0.25, 0.3) is 0 Å².